The Morgan fingerprint density at radius 2 is 1.94 bits per heavy atom. The molecule has 1 aromatic carbocycles. The SMILES string of the molecule is Cc1c(C(=O)N[C@@H](Cc2cc(=O)[nH]c(-c3ccccn3)n2)c2ccccc2)cnn1C. The van der Waals surface area contributed by atoms with Gasteiger partial charge in [-0.15, -0.1) is 0 Å². The summed E-state index contributed by atoms with van der Waals surface area (Å²) in [7, 11) is 1.79. The van der Waals surface area contributed by atoms with Crippen molar-refractivity contribution in [2.75, 3.05) is 0 Å². The largest absolute Gasteiger partial charge is 0.345 e. The van der Waals surface area contributed by atoms with E-state index < -0.39 is 0 Å². The second kappa shape index (κ2) is 8.74. The first-order chi connectivity index (χ1) is 15.0. The minimum Gasteiger partial charge on any atom is -0.345 e. The summed E-state index contributed by atoms with van der Waals surface area (Å²) in [5.74, 6) is 0.165. The third-order valence-electron chi connectivity index (χ3n) is 5.10. The molecule has 0 spiro atoms. The van der Waals surface area contributed by atoms with Crippen molar-refractivity contribution in [1.29, 1.82) is 0 Å². The number of nitrogens with zero attached hydrogens (tertiary/aromatic N) is 4. The molecule has 8 heteroatoms. The van der Waals surface area contributed by atoms with Gasteiger partial charge in [0.15, 0.2) is 5.82 Å². The Balaban J connectivity index is 1.66. The number of carbonyl (C=O) groups is 1. The standard InChI is InChI=1S/C23H22N6O2/c1-15-18(14-25-29(15)2)23(31)27-20(16-8-4-3-5-9-16)12-17-13-21(30)28-22(26-17)19-10-6-7-11-24-19/h3-11,13-14,20H,12H2,1-2H3,(H,27,31)(H,26,28,30)/t20-/m0/s1. The van der Waals surface area contributed by atoms with Gasteiger partial charge < -0.3 is 10.3 Å². The third kappa shape index (κ3) is 4.58. The van der Waals surface area contributed by atoms with E-state index >= 15 is 0 Å². The first-order valence-electron chi connectivity index (χ1n) is 9.87. The number of aromatic amines is 1. The van der Waals surface area contributed by atoms with Gasteiger partial charge in [-0.3, -0.25) is 19.3 Å². The zero-order chi connectivity index (χ0) is 21.8. The lowest BCUT2D eigenvalue weighted by Gasteiger charge is -2.19. The number of hydrogen-bond acceptors (Lipinski definition) is 5. The first-order valence-corrected chi connectivity index (χ1v) is 9.87. The van der Waals surface area contributed by atoms with Crippen LogP contribution in [0.2, 0.25) is 0 Å². The topological polar surface area (TPSA) is 106 Å². The fourth-order valence-corrected chi connectivity index (χ4v) is 3.34. The summed E-state index contributed by atoms with van der Waals surface area (Å²) in [4.78, 5) is 36.8. The van der Waals surface area contributed by atoms with Gasteiger partial charge >= 0.3 is 0 Å². The molecule has 0 fully saturated rings. The Morgan fingerprint density at radius 1 is 1.16 bits per heavy atom. The maximum Gasteiger partial charge on any atom is 0.255 e. The molecular formula is C23H22N6O2. The Morgan fingerprint density at radius 3 is 2.61 bits per heavy atom. The van der Waals surface area contributed by atoms with Crippen LogP contribution < -0.4 is 10.9 Å². The zero-order valence-electron chi connectivity index (χ0n) is 17.2. The Hall–Kier alpha value is -4.07. The second-order valence-electron chi connectivity index (χ2n) is 7.21. The van der Waals surface area contributed by atoms with Crippen molar-refractivity contribution in [1.82, 2.24) is 30.0 Å². The molecule has 31 heavy (non-hydrogen) atoms. The minimum atomic E-state index is -0.376. The number of hydrogen-bond donors (Lipinski definition) is 2. The Labute approximate surface area is 179 Å². The van der Waals surface area contributed by atoms with Gasteiger partial charge in [-0.1, -0.05) is 36.4 Å². The molecule has 0 bridgehead atoms. The van der Waals surface area contributed by atoms with Crippen LogP contribution in [0.5, 0.6) is 0 Å². The zero-order valence-corrected chi connectivity index (χ0v) is 17.2. The van der Waals surface area contributed by atoms with Gasteiger partial charge in [0.05, 0.1) is 23.5 Å². The first kappa shape index (κ1) is 20.2. The number of aromatic nitrogens is 5. The quantitative estimate of drug-likeness (QED) is 0.504. The number of nitrogens with one attached hydrogen (secondary N) is 2. The Kier molecular flexibility index (Phi) is 5.70. The van der Waals surface area contributed by atoms with Crippen LogP contribution in [0.15, 0.2) is 71.8 Å². The smallest absolute Gasteiger partial charge is 0.255 e. The number of amides is 1. The van der Waals surface area contributed by atoms with Crippen LogP contribution in [-0.2, 0) is 13.5 Å². The second-order valence-corrected chi connectivity index (χ2v) is 7.21. The molecule has 8 nitrogen and oxygen atoms in total. The molecule has 0 aliphatic rings. The maximum atomic E-state index is 12.9. The van der Waals surface area contributed by atoms with Crippen LogP contribution in [0, 0.1) is 6.92 Å². The van der Waals surface area contributed by atoms with Crippen molar-refractivity contribution in [2.24, 2.45) is 7.05 Å². The highest BCUT2D eigenvalue weighted by atomic mass is 16.1. The molecule has 0 unspecified atom stereocenters. The van der Waals surface area contributed by atoms with Gasteiger partial charge in [0.25, 0.3) is 11.5 Å². The highest BCUT2D eigenvalue weighted by molar-refractivity contribution is 5.95. The van der Waals surface area contributed by atoms with Crippen LogP contribution in [-0.4, -0.2) is 30.6 Å². The van der Waals surface area contributed by atoms with Crippen LogP contribution in [0.1, 0.15) is 33.4 Å². The lowest BCUT2D eigenvalue weighted by atomic mass is 10.0. The lowest BCUT2D eigenvalue weighted by molar-refractivity contribution is 0.0935. The van der Waals surface area contributed by atoms with E-state index in [4.69, 9.17) is 0 Å². The van der Waals surface area contributed by atoms with Crippen LogP contribution >= 0.6 is 0 Å². The summed E-state index contributed by atoms with van der Waals surface area (Å²) in [6.07, 6.45) is 3.54. The molecule has 0 saturated carbocycles. The van der Waals surface area contributed by atoms with E-state index in [1.54, 1.807) is 36.3 Å². The average molecular weight is 414 g/mol. The fourth-order valence-electron chi connectivity index (χ4n) is 3.34. The molecule has 3 heterocycles. The molecule has 2 N–H and O–H groups in total. The van der Waals surface area contributed by atoms with Crippen molar-refractivity contribution in [3.8, 4) is 11.5 Å². The molecule has 3 aromatic heterocycles. The van der Waals surface area contributed by atoms with E-state index in [0.717, 1.165) is 11.3 Å². The molecule has 0 aliphatic carbocycles. The summed E-state index contributed by atoms with van der Waals surface area (Å²) in [5.41, 5.74) is 3.06. The van der Waals surface area contributed by atoms with Crippen LogP contribution in [0.25, 0.3) is 11.5 Å². The van der Waals surface area contributed by atoms with Gasteiger partial charge in [-0.2, -0.15) is 5.10 Å². The highest BCUT2D eigenvalue weighted by Crippen LogP contribution is 2.19. The van der Waals surface area contributed by atoms with Gasteiger partial charge in [0.1, 0.15) is 5.69 Å². The van der Waals surface area contributed by atoms with E-state index in [1.165, 1.54) is 6.07 Å². The monoisotopic (exact) mass is 414 g/mol. The number of aryl methyl sites for hydroxylation is 1. The highest BCUT2D eigenvalue weighted by Gasteiger charge is 2.20. The summed E-state index contributed by atoms with van der Waals surface area (Å²) in [6.45, 7) is 1.84. The number of rotatable bonds is 6. The van der Waals surface area contributed by atoms with Crippen molar-refractivity contribution < 1.29 is 4.79 Å². The van der Waals surface area contributed by atoms with E-state index in [0.29, 0.717) is 29.2 Å². The van der Waals surface area contributed by atoms with Crippen LogP contribution in [0.4, 0.5) is 0 Å². The van der Waals surface area contributed by atoms with E-state index in [-0.39, 0.29) is 17.5 Å². The molecular weight excluding hydrogens is 392 g/mol. The molecule has 0 aliphatic heterocycles. The number of benzene rings is 1. The molecule has 0 radical (unpaired) electrons. The van der Waals surface area contributed by atoms with Gasteiger partial charge in [-0.25, -0.2) is 4.98 Å². The third-order valence-corrected chi connectivity index (χ3v) is 5.10. The molecule has 4 aromatic rings. The van der Waals surface area contributed by atoms with Gasteiger partial charge in [-0.05, 0) is 24.6 Å². The van der Waals surface area contributed by atoms with E-state index in [9.17, 15) is 9.59 Å². The molecule has 4 rings (SSSR count). The average Bonchev–Trinajstić information content (AvgIpc) is 3.12. The van der Waals surface area contributed by atoms with Gasteiger partial charge in [0.2, 0.25) is 0 Å². The molecule has 1 amide bonds. The minimum absolute atomic E-state index is 0.228. The summed E-state index contributed by atoms with van der Waals surface area (Å²) < 4.78 is 1.66. The normalized spacial score (nSPS) is 11.8. The van der Waals surface area contributed by atoms with E-state index in [1.807, 2.05) is 43.3 Å². The molecule has 0 saturated heterocycles. The fraction of sp³-hybridized carbons (Fsp3) is 0.174. The summed E-state index contributed by atoms with van der Waals surface area (Å²) >= 11 is 0. The van der Waals surface area contributed by atoms with Gasteiger partial charge in [0, 0.05) is 31.4 Å². The maximum absolute atomic E-state index is 12.9. The van der Waals surface area contributed by atoms with Crippen molar-refractivity contribution in [2.45, 2.75) is 19.4 Å². The summed E-state index contributed by atoms with van der Waals surface area (Å²) in [6, 6.07) is 16.1. The summed E-state index contributed by atoms with van der Waals surface area (Å²) in [5, 5.41) is 7.22. The van der Waals surface area contributed by atoms with Crippen molar-refractivity contribution >= 4 is 5.91 Å². The molecule has 1 atom stereocenters. The molecule has 156 valence electrons. The lowest BCUT2D eigenvalue weighted by Crippen LogP contribution is -2.31. The number of pyridine rings is 1. The predicted molar refractivity (Wildman–Crippen MR) is 116 cm³/mol. The number of carbonyl (C=O) groups excluding carboxylic acids is 1. The Bertz CT molecular complexity index is 1250. The van der Waals surface area contributed by atoms with Crippen molar-refractivity contribution in [3.05, 3.63) is 99.9 Å². The van der Waals surface area contributed by atoms with Crippen molar-refractivity contribution in [3.63, 3.8) is 0 Å². The van der Waals surface area contributed by atoms with E-state index in [2.05, 4.69) is 25.4 Å². The predicted octanol–water partition coefficient (Wildman–Crippen LogP) is 2.59. The van der Waals surface area contributed by atoms with Crippen LogP contribution in [0.3, 0.4) is 0 Å². The number of H-pyrrole nitrogens is 1.